The van der Waals surface area contributed by atoms with E-state index < -0.39 is 5.97 Å². The zero-order valence-electron chi connectivity index (χ0n) is 8.24. The van der Waals surface area contributed by atoms with Gasteiger partial charge in [-0.1, -0.05) is 15.9 Å². The number of ether oxygens (including phenoxy) is 1. The number of carboxylic acid groups (broad SMARTS) is 1. The molecule has 1 N–H and O–H groups in total. The van der Waals surface area contributed by atoms with Crippen LogP contribution < -0.4 is 4.74 Å². The molecule has 0 bridgehead atoms. The minimum Gasteiger partial charge on any atom is -0.494 e. The van der Waals surface area contributed by atoms with E-state index in [-0.39, 0.29) is 0 Å². The summed E-state index contributed by atoms with van der Waals surface area (Å²) in [4.78, 5) is 10.4. The second kappa shape index (κ2) is 5.56. The first-order chi connectivity index (χ1) is 7.13. The van der Waals surface area contributed by atoms with Crippen molar-refractivity contribution >= 4 is 28.0 Å². The molecule has 0 radical (unpaired) electrons. The number of aliphatic carboxylic acids is 1. The van der Waals surface area contributed by atoms with Crippen LogP contribution in [0.4, 0.5) is 0 Å². The van der Waals surface area contributed by atoms with Crippen LogP contribution in [0.25, 0.3) is 6.08 Å². The third-order valence-corrected chi connectivity index (χ3v) is 2.41. The van der Waals surface area contributed by atoms with Gasteiger partial charge in [-0.2, -0.15) is 0 Å². The van der Waals surface area contributed by atoms with Crippen LogP contribution in [0.15, 0.2) is 28.7 Å². The summed E-state index contributed by atoms with van der Waals surface area (Å²) in [6.07, 6.45) is 2.62. The maximum atomic E-state index is 10.4. The predicted molar refractivity (Wildman–Crippen MR) is 62.0 cm³/mol. The SMILES string of the molecule is CCOc1ccc(Br)c(/C=C/C(=O)O)c1. The van der Waals surface area contributed by atoms with Gasteiger partial charge in [0.1, 0.15) is 5.75 Å². The average Bonchev–Trinajstić information content (AvgIpc) is 2.19. The summed E-state index contributed by atoms with van der Waals surface area (Å²) >= 11 is 3.33. The van der Waals surface area contributed by atoms with Gasteiger partial charge in [-0.25, -0.2) is 4.79 Å². The lowest BCUT2D eigenvalue weighted by Gasteiger charge is -2.05. The molecule has 0 atom stereocenters. The van der Waals surface area contributed by atoms with Gasteiger partial charge in [0.2, 0.25) is 0 Å². The van der Waals surface area contributed by atoms with Crippen molar-refractivity contribution in [3.63, 3.8) is 0 Å². The number of halogens is 1. The van der Waals surface area contributed by atoms with Crippen LogP contribution in [0, 0.1) is 0 Å². The number of carboxylic acids is 1. The fourth-order valence-electron chi connectivity index (χ4n) is 1.07. The van der Waals surface area contributed by atoms with E-state index >= 15 is 0 Å². The van der Waals surface area contributed by atoms with Crippen LogP contribution in [0.5, 0.6) is 5.75 Å². The molecule has 0 aromatic heterocycles. The van der Waals surface area contributed by atoms with Crippen LogP contribution in [0.2, 0.25) is 0 Å². The minimum absolute atomic E-state index is 0.587. The molecule has 0 saturated heterocycles. The van der Waals surface area contributed by atoms with Crippen LogP contribution in [0.1, 0.15) is 12.5 Å². The smallest absolute Gasteiger partial charge is 0.328 e. The fourth-order valence-corrected chi connectivity index (χ4v) is 1.45. The lowest BCUT2D eigenvalue weighted by molar-refractivity contribution is -0.131. The summed E-state index contributed by atoms with van der Waals surface area (Å²) in [5, 5.41) is 8.50. The summed E-state index contributed by atoms with van der Waals surface area (Å²) in [6, 6.07) is 5.44. The molecule has 0 spiro atoms. The maximum Gasteiger partial charge on any atom is 0.328 e. The summed E-state index contributed by atoms with van der Waals surface area (Å²) in [7, 11) is 0. The third-order valence-electron chi connectivity index (χ3n) is 1.68. The largest absolute Gasteiger partial charge is 0.494 e. The molecule has 1 aromatic carbocycles. The Morgan fingerprint density at radius 3 is 2.93 bits per heavy atom. The Labute approximate surface area is 96.5 Å². The Hall–Kier alpha value is -1.29. The fraction of sp³-hybridized carbons (Fsp3) is 0.182. The van der Waals surface area contributed by atoms with E-state index in [1.807, 2.05) is 19.1 Å². The van der Waals surface area contributed by atoms with E-state index in [1.54, 1.807) is 6.07 Å². The van der Waals surface area contributed by atoms with Crippen molar-refractivity contribution in [2.75, 3.05) is 6.61 Å². The van der Waals surface area contributed by atoms with Crippen LogP contribution in [0.3, 0.4) is 0 Å². The standard InChI is InChI=1S/C11H11BrO3/c1-2-15-9-4-5-10(12)8(7-9)3-6-11(13)14/h3-7H,2H2,1H3,(H,13,14)/b6-3+. The number of hydrogen-bond donors (Lipinski definition) is 1. The summed E-state index contributed by atoms with van der Waals surface area (Å²) < 4.78 is 6.14. The average molecular weight is 271 g/mol. The molecule has 80 valence electrons. The molecule has 0 fully saturated rings. The molecular formula is C11H11BrO3. The van der Waals surface area contributed by atoms with Crippen molar-refractivity contribution in [2.45, 2.75) is 6.92 Å². The molecule has 1 aromatic rings. The lowest BCUT2D eigenvalue weighted by atomic mass is 10.2. The molecule has 0 aliphatic carbocycles. The summed E-state index contributed by atoms with van der Waals surface area (Å²) in [5.74, 6) is -0.241. The topological polar surface area (TPSA) is 46.5 Å². The van der Waals surface area contributed by atoms with Crippen LogP contribution >= 0.6 is 15.9 Å². The molecule has 3 nitrogen and oxygen atoms in total. The first kappa shape index (κ1) is 11.8. The van der Waals surface area contributed by atoms with Crippen molar-refractivity contribution in [1.29, 1.82) is 0 Å². The number of benzene rings is 1. The Morgan fingerprint density at radius 2 is 2.33 bits per heavy atom. The van der Waals surface area contributed by atoms with Gasteiger partial charge in [0.05, 0.1) is 6.61 Å². The number of rotatable bonds is 4. The second-order valence-electron chi connectivity index (χ2n) is 2.79. The molecule has 4 heteroatoms. The molecule has 15 heavy (non-hydrogen) atoms. The highest BCUT2D eigenvalue weighted by Gasteiger charge is 1.99. The lowest BCUT2D eigenvalue weighted by Crippen LogP contribution is -1.92. The highest BCUT2D eigenvalue weighted by Crippen LogP contribution is 2.23. The Balaban J connectivity index is 2.94. The van der Waals surface area contributed by atoms with E-state index in [0.717, 1.165) is 21.9 Å². The highest BCUT2D eigenvalue weighted by molar-refractivity contribution is 9.10. The van der Waals surface area contributed by atoms with E-state index in [4.69, 9.17) is 9.84 Å². The van der Waals surface area contributed by atoms with Gasteiger partial charge in [-0.05, 0) is 36.8 Å². The molecule has 0 heterocycles. The number of carbonyl (C=O) groups is 1. The Kier molecular flexibility index (Phi) is 4.37. The van der Waals surface area contributed by atoms with Crippen LogP contribution in [-0.4, -0.2) is 17.7 Å². The minimum atomic E-state index is -0.969. The van der Waals surface area contributed by atoms with Crippen molar-refractivity contribution < 1.29 is 14.6 Å². The molecule has 0 aliphatic rings. The van der Waals surface area contributed by atoms with E-state index in [9.17, 15) is 4.79 Å². The Bertz CT molecular complexity index is 385. The van der Waals surface area contributed by atoms with Gasteiger partial charge in [-0.15, -0.1) is 0 Å². The highest BCUT2D eigenvalue weighted by atomic mass is 79.9. The van der Waals surface area contributed by atoms with Crippen molar-refractivity contribution in [3.05, 3.63) is 34.3 Å². The quantitative estimate of drug-likeness (QED) is 0.856. The van der Waals surface area contributed by atoms with Crippen molar-refractivity contribution in [1.82, 2.24) is 0 Å². The summed E-state index contributed by atoms with van der Waals surface area (Å²) in [6.45, 7) is 2.48. The van der Waals surface area contributed by atoms with Gasteiger partial charge in [0, 0.05) is 10.5 Å². The van der Waals surface area contributed by atoms with E-state index in [2.05, 4.69) is 15.9 Å². The first-order valence-electron chi connectivity index (χ1n) is 4.47. The van der Waals surface area contributed by atoms with Gasteiger partial charge in [-0.3, -0.25) is 0 Å². The zero-order chi connectivity index (χ0) is 11.3. The van der Waals surface area contributed by atoms with Crippen LogP contribution in [-0.2, 0) is 4.79 Å². The molecular weight excluding hydrogens is 260 g/mol. The normalized spacial score (nSPS) is 10.5. The third kappa shape index (κ3) is 3.75. The molecule has 0 saturated carbocycles. The van der Waals surface area contributed by atoms with Gasteiger partial charge in [0.25, 0.3) is 0 Å². The molecule has 0 unspecified atom stereocenters. The maximum absolute atomic E-state index is 10.4. The van der Waals surface area contributed by atoms with Gasteiger partial charge >= 0.3 is 5.97 Å². The number of hydrogen-bond acceptors (Lipinski definition) is 2. The zero-order valence-corrected chi connectivity index (χ0v) is 9.82. The Morgan fingerprint density at radius 1 is 1.60 bits per heavy atom. The molecule has 0 amide bonds. The van der Waals surface area contributed by atoms with Crippen molar-refractivity contribution in [2.24, 2.45) is 0 Å². The summed E-state index contributed by atoms with van der Waals surface area (Å²) in [5.41, 5.74) is 0.781. The first-order valence-corrected chi connectivity index (χ1v) is 5.26. The second-order valence-corrected chi connectivity index (χ2v) is 3.64. The molecule has 1 rings (SSSR count). The predicted octanol–water partition coefficient (Wildman–Crippen LogP) is 2.95. The van der Waals surface area contributed by atoms with E-state index in [1.165, 1.54) is 6.08 Å². The molecule has 0 aliphatic heterocycles. The van der Waals surface area contributed by atoms with Gasteiger partial charge < -0.3 is 9.84 Å². The monoisotopic (exact) mass is 270 g/mol. The van der Waals surface area contributed by atoms with E-state index in [0.29, 0.717) is 6.61 Å². The van der Waals surface area contributed by atoms with Gasteiger partial charge in [0.15, 0.2) is 0 Å². The van der Waals surface area contributed by atoms with Crippen molar-refractivity contribution in [3.8, 4) is 5.75 Å².